The zero-order valence-corrected chi connectivity index (χ0v) is 18.3. The first kappa shape index (κ1) is 20.3. The maximum absolute atomic E-state index is 12.8. The van der Waals surface area contributed by atoms with Crippen LogP contribution >= 0.6 is 0 Å². The average molecular weight is 428 g/mol. The van der Waals surface area contributed by atoms with Crippen molar-refractivity contribution in [1.29, 1.82) is 0 Å². The van der Waals surface area contributed by atoms with Gasteiger partial charge in [0.25, 0.3) is 0 Å². The number of aromatic nitrogens is 4. The van der Waals surface area contributed by atoms with Gasteiger partial charge in [-0.15, -0.1) is 0 Å². The fraction of sp³-hybridized carbons (Fsp3) is 0.320. The van der Waals surface area contributed by atoms with Crippen LogP contribution in [0.4, 0.5) is 0 Å². The van der Waals surface area contributed by atoms with Crippen LogP contribution in [0, 0.1) is 13.8 Å². The molecule has 0 unspecified atom stereocenters. The second kappa shape index (κ2) is 8.49. The first-order valence-electron chi connectivity index (χ1n) is 10.9. The summed E-state index contributed by atoms with van der Waals surface area (Å²) < 4.78 is 5.19. The maximum atomic E-state index is 12.8. The second-order valence-corrected chi connectivity index (χ2v) is 8.38. The van der Waals surface area contributed by atoms with E-state index >= 15 is 0 Å². The molecular formula is C25H25N5O2. The Morgan fingerprint density at radius 2 is 1.88 bits per heavy atom. The fourth-order valence-corrected chi connectivity index (χ4v) is 4.40. The van der Waals surface area contributed by atoms with Crippen molar-refractivity contribution in [3.05, 3.63) is 71.6 Å². The fourth-order valence-electron chi connectivity index (χ4n) is 4.40. The molecule has 1 aliphatic heterocycles. The lowest BCUT2D eigenvalue weighted by molar-refractivity contribution is -0.131. The van der Waals surface area contributed by atoms with Gasteiger partial charge in [-0.2, -0.15) is 0 Å². The van der Waals surface area contributed by atoms with Gasteiger partial charge in [-0.25, -0.2) is 9.97 Å². The summed E-state index contributed by atoms with van der Waals surface area (Å²) in [5, 5.41) is 4.97. The van der Waals surface area contributed by atoms with Crippen molar-refractivity contribution in [3.63, 3.8) is 0 Å². The Bertz CT molecular complexity index is 1240. The van der Waals surface area contributed by atoms with Gasteiger partial charge in [0, 0.05) is 59.8 Å². The van der Waals surface area contributed by atoms with Gasteiger partial charge in [-0.3, -0.25) is 9.78 Å². The predicted molar refractivity (Wildman–Crippen MR) is 121 cm³/mol. The maximum Gasteiger partial charge on any atom is 0.227 e. The molecule has 5 heterocycles. The van der Waals surface area contributed by atoms with Crippen molar-refractivity contribution >= 4 is 16.9 Å². The van der Waals surface area contributed by atoms with Crippen LogP contribution in [0.1, 0.15) is 41.5 Å². The van der Waals surface area contributed by atoms with Gasteiger partial charge in [0.15, 0.2) is 5.65 Å². The molecule has 1 aliphatic rings. The average Bonchev–Trinajstić information content (AvgIpc) is 3.16. The van der Waals surface area contributed by atoms with Gasteiger partial charge in [-0.1, -0.05) is 5.16 Å². The van der Waals surface area contributed by atoms with E-state index < -0.39 is 0 Å². The Morgan fingerprint density at radius 1 is 1.09 bits per heavy atom. The summed E-state index contributed by atoms with van der Waals surface area (Å²) >= 11 is 0. The predicted octanol–water partition coefficient (Wildman–Crippen LogP) is 4.25. The zero-order chi connectivity index (χ0) is 22.1. The molecule has 5 rings (SSSR count). The third-order valence-electron chi connectivity index (χ3n) is 6.35. The van der Waals surface area contributed by atoms with Crippen LogP contribution in [0.2, 0.25) is 0 Å². The van der Waals surface area contributed by atoms with Crippen LogP contribution in [-0.2, 0) is 11.2 Å². The van der Waals surface area contributed by atoms with E-state index in [1.54, 1.807) is 12.4 Å². The molecule has 0 atom stereocenters. The molecule has 0 saturated carbocycles. The molecule has 1 amide bonds. The molecule has 7 nitrogen and oxygen atoms in total. The monoisotopic (exact) mass is 427 g/mol. The Kier molecular flexibility index (Phi) is 5.39. The number of fused-ring (bicyclic) bond motifs is 1. The summed E-state index contributed by atoms with van der Waals surface area (Å²) in [5.74, 6) is 1.20. The number of amides is 1. The van der Waals surface area contributed by atoms with Gasteiger partial charge < -0.3 is 9.42 Å². The van der Waals surface area contributed by atoms with Crippen LogP contribution < -0.4 is 0 Å². The molecule has 32 heavy (non-hydrogen) atoms. The number of nitrogens with zero attached hydrogens (tertiary/aromatic N) is 5. The molecule has 0 spiro atoms. The van der Waals surface area contributed by atoms with Crippen LogP contribution in [0.3, 0.4) is 0 Å². The minimum atomic E-state index is 0.134. The van der Waals surface area contributed by atoms with Crippen molar-refractivity contribution in [2.75, 3.05) is 13.1 Å². The number of carbonyl (C=O) groups excluding carboxylic acids is 1. The number of likely N-dealkylation sites (tertiary alicyclic amines) is 1. The molecular weight excluding hydrogens is 402 g/mol. The summed E-state index contributed by atoms with van der Waals surface area (Å²) in [4.78, 5) is 28.2. The molecule has 0 N–H and O–H groups in total. The molecule has 162 valence electrons. The molecule has 4 aromatic heterocycles. The molecule has 0 radical (unpaired) electrons. The minimum Gasteiger partial charge on any atom is -0.361 e. The molecule has 0 aromatic carbocycles. The van der Waals surface area contributed by atoms with Crippen LogP contribution in [-0.4, -0.2) is 44.0 Å². The Labute approximate surface area is 186 Å². The number of rotatable bonds is 4. The smallest absolute Gasteiger partial charge is 0.227 e. The van der Waals surface area contributed by atoms with E-state index in [-0.39, 0.29) is 5.91 Å². The Balaban J connectivity index is 1.26. The summed E-state index contributed by atoms with van der Waals surface area (Å²) in [6.07, 6.45) is 7.59. The second-order valence-electron chi connectivity index (χ2n) is 8.38. The molecule has 1 fully saturated rings. The number of aryl methyl sites for hydroxylation is 2. The van der Waals surface area contributed by atoms with Gasteiger partial charge in [0.05, 0.1) is 12.1 Å². The van der Waals surface area contributed by atoms with Crippen molar-refractivity contribution in [1.82, 2.24) is 25.0 Å². The van der Waals surface area contributed by atoms with Gasteiger partial charge in [0.1, 0.15) is 5.76 Å². The van der Waals surface area contributed by atoms with Crippen molar-refractivity contribution in [2.24, 2.45) is 0 Å². The zero-order valence-electron chi connectivity index (χ0n) is 18.3. The van der Waals surface area contributed by atoms with Crippen molar-refractivity contribution < 1.29 is 9.32 Å². The highest BCUT2D eigenvalue weighted by molar-refractivity contribution is 5.81. The summed E-state index contributed by atoms with van der Waals surface area (Å²) in [5.41, 5.74) is 5.67. The molecule has 7 heteroatoms. The van der Waals surface area contributed by atoms with E-state index in [9.17, 15) is 4.79 Å². The van der Waals surface area contributed by atoms with Gasteiger partial charge >= 0.3 is 0 Å². The van der Waals surface area contributed by atoms with E-state index in [1.165, 1.54) is 0 Å². The quantitative estimate of drug-likeness (QED) is 0.484. The highest BCUT2D eigenvalue weighted by Gasteiger charge is 2.26. The van der Waals surface area contributed by atoms with E-state index in [0.29, 0.717) is 12.3 Å². The first-order chi connectivity index (χ1) is 15.6. The largest absolute Gasteiger partial charge is 0.361 e. The highest BCUT2D eigenvalue weighted by atomic mass is 16.5. The number of hydrogen-bond acceptors (Lipinski definition) is 6. The SMILES string of the molecule is Cc1noc(C)c1CC(=O)N1CCC(c2ccc3cc(-c4ccncc4)cnc3n2)CC1. The lowest BCUT2D eigenvalue weighted by Gasteiger charge is -2.32. The van der Waals surface area contributed by atoms with Crippen LogP contribution in [0.15, 0.2) is 53.4 Å². The minimum absolute atomic E-state index is 0.134. The highest BCUT2D eigenvalue weighted by Crippen LogP contribution is 2.29. The summed E-state index contributed by atoms with van der Waals surface area (Å²) in [6.45, 7) is 5.21. The van der Waals surface area contributed by atoms with E-state index in [1.807, 2.05) is 37.1 Å². The molecule has 0 aliphatic carbocycles. The van der Waals surface area contributed by atoms with Crippen LogP contribution in [0.5, 0.6) is 0 Å². The van der Waals surface area contributed by atoms with E-state index in [0.717, 1.165) is 70.8 Å². The Hall–Kier alpha value is -3.61. The molecule has 1 saturated heterocycles. The van der Waals surface area contributed by atoms with Crippen LogP contribution in [0.25, 0.3) is 22.2 Å². The lowest BCUT2D eigenvalue weighted by atomic mass is 9.92. The molecule has 4 aromatic rings. The Morgan fingerprint density at radius 3 is 2.59 bits per heavy atom. The third kappa shape index (κ3) is 3.98. The van der Waals surface area contributed by atoms with E-state index in [2.05, 4.69) is 33.3 Å². The summed E-state index contributed by atoms with van der Waals surface area (Å²) in [6, 6.07) is 10.3. The summed E-state index contributed by atoms with van der Waals surface area (Å²) in [7, 11) is 0. The number of hydrogen-bond donors (Lipinski definition) is 0. The van der Waals surface area contributed by atoms with Gasteiger partial charge in [0.2, 0.25) is 5.91 Å². The topological polar surface area (TPSA) is 85.0 Å². The normalized spacial score (nSPS) is 14.8. The number of carbonyl (C=O) groups is 1. The third-order valence-corrected chi connectivity index (χ3v) is 6.35. The first-order valence-corrected chi connectivity index (χ1v) is 10.9. The van der Waals surface area contributed by atoms with E-state index in [4.69, 9.17) is 9.51 Å². The van der Waals surface area contributed by atoms with Crippen molar-refractivity contribution in [2.45, 2.75) is 39.0 Å². The lowest BCUT2D eigenvalue weighted by Crippen LogP contribution is -2.39. The van der Waals surface area contributed by atoms with Crippen molar-refractivity contribution in [3.8, 4) is 11.1 Å². The van der Waals surface area contributed by atoms with Gasteiger partial charge in [-0.05, 0) is 62.6 Å². The number of piperidine rings is 1. The standard InChI is InChI=1S/C25H25N5O2/c1-16-22(17(2)32-29-16)14-24(31)30-11-7-19(8-12-30)23-4-3-20-13-21(15-27-25(20)28-23)18-5-9-26-10-6-18/h3-6,9-10,13,15,19H,7-8,11-12,14H2,1-2H3. The molecule has 0 bridgehead atoms. The number of pyridine rings is 3.